The van der Waals surface area contributed by atoms with Crippen molar-refractivity contribution in [2.24, 2.45) is 5.41 Å². The minimum absolute atomic E-state index is 0.401. The zero-order chi connectivity index (χ0) is 13.6. The highest BCUT2D eigenvalue weighted by Crippen LogP contribution is 2.25. The van der Waals surface area contributed by atoms with Gasteiger partial charge in [-0.25, -0.2) is 4.98 Å². The van der Waals surface area contributed by atoms with Gasteiger partial charge in [-0.15, -0.1) is 11.3 Å². The first-order valence-electron chi connectivity index (χ1n) is 7.14. The summed E-state index contributed by atoms with van der Waals surface area (Å²) < 4.78 is 0. The third-order valence-electron chi connectivity index (χ3n) is 2.96. The van der Waals surface area contributed by atoms with Crippen LogP contribution in [0.15, 0.2) is 0 Å². The zero-order valence-corrected chi connectivity index (χ0v) is 13.4. The van der Waals surface area contributed by atoms with Crippen LogP contribution in [0.5, 0.6) is 0 Å². The fourth-order valence-electron chi connectivity index (χ4n) is 1.82. The van der Waals surface area contributed by atoms with E-state index in [-0.39, 0.29) is 0 Å². The van der Waals surface area contributed by atoms with E-state index in [0.717, 1.165) is 25.9 Å². The molecule has 0 fully saturated rings. The van der Waals surface area contributed by atoms with Gasteiger partial charge >= 0.3 is 0 Å². The molecule has 0 bridgehead atoms. The molecule has 0 saturated heterocycles. The Morgan fingerprint density at radius 1 is 1.22 bits per heavy atom. The van der Waals surface area contributed by atoms with Crippen molar-refractivity contribution in [2.45, 2.75) is 66.8 Å². The van der Waals surface area contributed by atoms with Crippen LogP contribution in [0, 0.1) is 5.41 Å². The minimum atomic E-state index is 0.401. The highest BCUT2D eigenvalue weighted by molar-refractivity contribution is 7.11. The van der Waals surface area contributed by atoms with Crippen molar-refractivity contribution in [1.29, 1.82) is 0 Å². The largest absolute Gasteiger partial charge is 0.312 e. The van der Waals surface area contributed by atoms with Crippen LogP contribution < -0.4 is 5.32 Å². The molecule has 1 N–H and O–H groups in total. The fourth-order valence-corrected chi connectivity index (χ4v) is 2.95. The molecular weight excluding hydrogens is 240 g/mol. The van der Waals surface area contributed by atoms with Gasteiger partial charge < -0.3 is 5.32 Å². The third-order valence-corrected chi connectivity index (χ3v) is 4.12. The van der Waals surface area contributed by atoms with E-state index in [1.165, 1.54) is 28.4 Å². The Hall–Kier alpha value is -0.410. The average Bonchev–Trinajstić information content (AvgIpc) is 2.69. The molecule has 0 radical (unpaired) electrons. The first kappa shape index (κ1) is 15.6. The molecule has 1 rings (SSSR count). The maximum atomic E-state index is 4.79. The average molecular weight is 268 g/mol. The number of nitrogens with one attached hydrogen (secondary N) is 1. The molecule has 0 amide bonds. The number of nitrogens with zero attached hydrogens (tertiary/aromatic N) is 1. The molecule has 0 saturated carbocycles. The van der Waals surface area contributed by atoms with Crippen molar-refractivity contribution in [3.8, 4) is 0 Å². The maximum Gasteiger partial charge on any atom is 0.0931 e. The van der Waals surface area contributed by atoms with Gasteiger partial charge in [0.2, 0.25) is 0 Å². The first-order chi connectivity index (χ1) is 8.46. The van der Waals surface area contributed by atoms with Gasteiger partial charge in [-0.05, 0) is 37.6 Å². The summed E-state index contributed by atoms with van der Waals surface area (Å²) in [6.07, 6.45) is 4.58. The summed E-state index contributed by atoms with van der Waals surface area (Å²) in [5, 5.41) is 4.80. The molecule has 104 valence electrons. The van der Waals surface area contributed by atoms with Gasteiger partial charge in [0.15, 0.2) is 0 Å². The molecule has 0 aliphatic carbocycles. The van der Waals surface area contributed by atoms with E-state index >= 15 is 0 Å². The minimum Gasteiger partial charge on any atom is -0.312 e. The van der Waals surface area contributed by atoms with Crippen LogP contribution in [0.2, 0.25) is 0 Å². The molecule has 1 aromatic heterocycles. The van der Waals surface area contributed by atoms with Crippen molar-refractivity contribution in [3.63, 3.8) is 0 Å². The Labute approximate surface area is 116 Å². The van der Waals surface area contributed by atoms with E-state index < -0.39 is 0 Å². The van der Waals surface area contributed by atoms with Gasteiger partial charge in [0.25, 0.3) is 0 Å². The molecule has 0 aliphatic heterocycles. The van der Waals surface area contributed by atoms with Gasteiger partial charge in [0, 0.05) is 11.4 Å². The second kappa shape index (κ2) is 7.25. The van der Waals surface area contributed by atoms with Crippen LogP contribution in [0.25, 0.3) is 0 Å². The Kier molecular flexibility index (Phi) is 6.30. The Morgan fingerprint density at radius 3 is 2.50 bits per heavy atom. The smallest absolute Gasteiger partial charge is 0.0931 e. The van der Waals surface area contributed by atoms with E-state index in [0.29, 0.717) is 5.41 Å². The van der Waals surface area contributed by atoms with Crippen LogP contribution in [-0.4, -0.2) is 11.5 Å². The van der Waals surface area contributed by atoms with Gasteiger partial charge in [0.1, 0.15) is 0 Å². The van der Waals surface area contributed by atoms with Crippen molar-refractivity contribution in [3.05, 3.63) is 15.6 Å². The van der Waals surface area contributed by atoms with Gasteiger partial charge in [0.05, 0.1) is 10.7 Å². The predicted octanol–water partition coefficient (Wildman–Crippen LogP) is 4.18. The topological polar surface area (TPSA) is 24.9 Å². The van der Waals surface area contributed by atoms with Crippen molar-refractivity contribution < 1.29 is 0 Å². The quantitative estimate of drug-likeness (QED) is 0.750. The van der Waals surface area contributed by atoms with E-state index in [1.54, 1.807) is 0 Å². The summed E-state index contributed by atoms with van der Waals surface area (Å²) in [7, 11) is 0. The molecule has 0 atom stereocenters. The predicted molar refractivity (Wildman–Crippen MR) is 81.3 cm³/mol. The molecule has 2 nitrogen and oxygen atoms in total. The summed E-state index contributed by atoms with van der Waals surface area (Å²) in [6, 6.07) is 0. The molecule has 0 aliphatic rings. The molecule has 0 unspecified atom stereocenters. The second-order valence-corrected chi connectivity index (χ2v) is 7.24. The number of rotatable bonds is 7. The number of aromatic nitrogens is 1. The van der Waals surface area contributed by atoms with Gasteiger partial charge in [-0.1, -0.05) is 34.6 Å². The summed E-state index contributed by atoms with van der Waals surface area (Å²) in [4.78, 5) is 6.23. The molecule has 1 heterocycles. The van der Waals surface area contributed by atoms with E-state index in [9.17, 15) is 0 Å². The SMILES string of the molecule is CCCNCc1sc(CCC(C)(C)C)nc1CC. The van der Waals surface area contributed by atoms with Crippen LogP contribution in [-0.2, 0) is 19.4 Å². The lowest BCUT2D eigenvalue weighted by molar-refractivity contribution is 0.378. The monoisotopic (exact) mass is 268 g/mol. The van der Waals surface area contributed by atoms with Gasteiger partial charge in [-0.2, -0.15) is 0 Å². The van der Waals surface area contributed by atoms with Crippen molar-refractivity contribution in [1.82, 2.24) is 10.3 Å². The van der Waals surface area contributed by atoms with E-state index in [2.05, 4.69) is 39.9 Å². The normalized spacial score (nSPS) is 12.1. The highest BCUT2D eigenvalue weighted by atomic mass is 32.1. The highest BCUT2D eigenvalue weighted by Gasteiger charge is 2.14. The molecular formula is C15H28N2S. The van der Waals surface area contributed by atoms with Crippen LogP contribution >= 0.6 is 11.3 Å². The Morgan fingerprint density at radius 2 is 1.94 bits per heavy atom. The van der Waals surface area contributed by atoms with Gasteiger partial charge in [-0.3, -0.25) is 0 Å². The second-order valence-electron chi connectivity index (χ2n) is 6.07. The van der Waals surface area contributed by atoms with Crippen LogP contribution in [0.1, 0.15) is 63.0 Å². The summed E-state index contributed by atoms with van der Waals surface area (Å²) in [5.74, 6) is 0. The lowest BCUT2D eigenvalue weighted by atomic mass is 9.91. The summed E-state index contributed by atoms with van der Waals surface area (Å²) in [6.45, 7) is 13.4. The number of hydrogen-bond acceptors (Lipinski definition) is 3. The molecule has 0 spiro atoms. The number of hydrogen-bond donors (Lipinski definition) is 1. The summed E-state index contributed by atoms with van der Waals surface area (Å²) >= 11 is 1.90. The number of thiazole rings is 1. The lowest BCUT2D eigenvalue weighted by Crippen LogP contribution is -2.13. The molecule has 0 aromatic carbocycles. The van der Waals surface area contributed by atoms with E-state index in [1.807, 2.05) is 11.3 Å². The molecule has 3 heteroatoms. The van der Waals surface area contributed by atoms with Crippen molar-refractivity contribution in [2.75, 3.05) is 6.54 Å². The maximum absolute atomic E-state index is 4.79. The van der Waals surface area contributed by atoms with E-state index in [4.69, 9.17) is 4.98 Å². The zero-order valence-electron chi connectivity index (χ0n) is 12.6. The Bertz CT molecular complexity index is 350. The Balaban J connectivity index is 2.59. The first-order valence-corrected chi connectivity index (χ1v) is 7.96. The lowest BCUT2D eigenvalue weighted by Gasteiger charge is -2.16. The fraction of sp³-hybridized carbons (Fsp3) is 0.800. The third kappa shape index (κ3) is 5.49. The summed E-state index contributed by atoms with van der Waals surface area (Å²) in [5.41, 5.74) is 1.70. The standard InChI is InChI=1S/C15H28N2S/c1-6-10-16-11-13-12(7-2)17-14(18-13)8-9-15(3,4)5/h16H,6-11H2,1-5H3. The molecule has 1 aromatic rings. The molecule has 18 heavy (non-hydrogen) atoms. The number of aryl methyl sites for hydroxylation is 2. The van der Waals surface area contributed by atoms with Crippen LogP contribution in [0.4, 0.5) is 0 Å². The van der Waals surface area contributed by atoms with Crippen LogP contribution in [0.3, 0.4) is 0 Å². The van der Waals surface area contributed by atoms with Crippen molar-refractivity contribution >= 4 is 11.3 Å².